The van der Waals surface area contributed by atoms with Crippen LogP contribution in [0.15, 0.2) is 29.3 Å². The maximum absolute atomic E-state index is 13.1. The molecule has 1 saturated carbocycles. The summed E-state index contributed by atoms with van der Waals surface area (Å²) in [4.78, 5) is 49.4. The van der Waals surface area contributed by atoms with Gasteiger partial charge >= 0.3 is 0 Å². The summed E-state index contributed by atoms with van der Waals surface area (Å²) in [6.45, 7) is 5.25. The minimum Gasteiger partial charge on any atom is -0.353 e. The predicted molar refractivity (Wildman–Crippen MR) is 137 cm³/mol. The molecule has 1 atom stereocenters. The van der Waals surface area contributed by atoms with Crippen molar-refractivity contribution in [3.63, 3.8) is 0 Å². The highest BCUT2D eigenvalue weighted by molar-refractivity contribution is 7.22. The fourth-order valence-electron chi connectivity index (χ4n) is 4.53. The van der Waals surface area contributed by atoms with Gasteiger partial charge in [-0.3, -0.25) is 19.0 Å². The van der Waals surface area contributed by atoms with Crippen molar-refractivity contribution in [2.24, 2.45) is 5.92 Å². The van der Waals surface area contributed by atoms with Crippen LogP contribution in [0.25, 0.3) is 10.3 Å². The average molecular weight is 495 g/mol. The number of carbonyl (C=O) groups is 2. The van der Waals surface area contributed by atoms with Crippen molar-refractivity contribution in [3.8, 4) is 0 Å². The summed E-state index contributed by atoms with van der Waals surface area (Å²) in [7, 11) is 0. The molecule has 0 unspecified atom stereocenters. The first-order chi connectivity index (χ1) is 16.9. The Morgan fingerprint density at radius 1 is 1.23 bits per heavy atom. The number of thiazole rings is 1. The quantitative estimate of drug-likeness (QED) is 0.523. The summed E-state index contributed by atoms with van der Waals surface area (Å²) >= 11 is 1.28. The fourth-order valence-corrected chi connectivity index (χ4v) is 5.53. The van der Waals surface area contributed by atoms with E-state index in [9.17, 15) is 14.4 Å². The normalized spacial score (nSPS) is 18.0. The molecule has 2 aliphatic rings. The number of carbonyl (C=O) groups excluding carboxylic acids is 2. The molecule has 5 rings (SSSR count). The van der Waals surface area contributed by atoms with Gasteiger partial charge in [-0.1, -0.05) is 36.5 Å². The molecule has 35 heavy (non-hydrogen) atoms. The minimum atomic E-state index is -0.283. The number of nitrogens with one attached hydrogen (secondary N) is 2. The van der Waals surface area contributed by atoms with Crippen LogP contribution in [0, 0.1) is 12.8 Å². The Morgan fingerprint density at radius 3 is 2.83 bits per heavy atom. The van der Waals surface area contributed by atoms with E-state index in [1.165, 1.54) is 22.2 Å². The molecular weight excluding hydrogens is 464 g/mol. The standard InChI is InChI=1S/C25H30N6O3S/c1-3-16-7-4-6-15(2)20(16)28-19(32)13-31-14-26-22-21(24(31)34)35-25(29-22)30-11-5-8-17(12-30)23(33)27-18-9-10-18/h4,6-7,14,17-18H,3,5,8-13H2,1-2H3,(H,27,33)(H,28,32)/t17-/m1/s1. The number of hydrogen-bond donors (Lipinski definition) is 2. The summed E-state index contributed by atoms with van der Waals surface area (Å²) in [5.74, 6) is -0.230. The number of hydrogen-bond acceptors (Lipinski definition) is 7. The lowest BCUT2D eigenvalue weighted by molar-refractivity contribution is -0.125. The molecule has 9 nitrogen and oxygen atoms in total. The van der Waals surface area contributed by atoms with E-state index in [-0.39, 0.29) is 29.8 Å². The third-order valence-electron chi connectivity index (χ3n) is 6.68. The summed E-state index contributed by atoms with van der Waals surface area (Å²) in [6.07, 6.45) is 6.08. The van der Waals surface area contributed by atoms with Gasteiger partial charge in [-0.05, 0) is 50.2 Å². The number of piperidine rings is 1. The lowest BCUT2D eigenvalue weighted by Crippen LogP contribution is -2.43. The Bertz CT molecular complexity index is 1330. The van der Waals surface area contributed by atoms with Gasteiger partial charge in [0.2, 0.25) is 11.8 Å². The molecule has 0 radical (unpaired) electrons. The highest BCUT2D eigenvalue weighted by atomic mass is 32.1. The van der Waals surface area contributed by atoms with E-state index in [0.29, 0.717) is 28.1 Å². The minimum absolute atomic E-state index is 0.0702. The number of anilines is 2. The first kappa shape index (κ1) is 23.5. The number of para-hydroxylation sites is 1. The van der Waals surface area contributed by atoms with Crippen LogP contribution in [0.4, 0.5) is 10.8 Å². The third kappa shape index (κ3) is 5.07. The number of aryl methyl sites for hydroxylation is 2. The molecule has 0 spiro atoms. The maximum Gasteiger partial charge on any atom is 0.273 e. The van der Waals surface area contributed by atoms with Crippen molar-refractivity contribution in [2.75, 3.05) is 23.3 Å². The van der Waals surface area contributed by atoms with E-state index < -0.39 is 0 Å². The molecule has 1 aromatic carbocycles. The zero-order valence-corrected chi connectivity index (χ0v) is 20.9. The number of rotatable bonds is 7. The van der Waals surface area contributed by atoms with Crippen LogP contribution < -0.4 is 21.1 Å². The van der Waals surface area contributed by atoms with Crippen molar-refractivity contribution in [1.82, 2.24) is 19.9 Å². The van der Waals surface area contributed by atoms with E-state index in [1.807, 2.05) is 32.0 Å². The molecule has 2 amide bonds. The van der Waals surface area contributed by atoms with Gasteiger partial charge in [0.05, 0.1) is 5.92 Å². The van der Waals surface area contributed by atoms with Crippen LogP contribution >= 0.6 is 11.3 Å². The van der Waals surface area contributed by atoms with Gasteiger partial charge < -0.3 is 15.5 Å². The zero-order valence-electron chi connectivity index (χ0n) is 20.0. The number of benzene rings is 1. The zero-order chi connectivity index (χ0) is 24.5. The third-order valence-corrected chi connectivity index (χ3v) is 7.77. The van der Waals surface area contributed by atoms with Gasteiger partial charge in [-0.25, -0.2) is 4.98 Å². The van der Waals surface area contributed by atoms with E-state index in [1.54, 1.807) is 0 Å². The second-order valence-electron chi connectivity index (χ2n) is 9.41. The highest BCUT2D eigenvalue weighted by Gasteiger charge is 2.31. The Morgan fingerprint density at radius 2 is 2.06 bits per heavy atom. The van der Waals surface area contributed by atoms with Crippen LogP contribution in [-0.2, 0) is 22.6 Å². The van der Waals surface area contributed by atoms with E-state index >= 15 is 0 Å². The molecule has 2 N–H and O–H groups in total. The summed E-state index contributed by atoms with van der Waals surface area (Å²) in [6, 6.07) is 6.26. The lowest BCUT2D eigenvalue weighted by Gasteiger charge is -2.31. The molecule has 184 valence electrons. The Hall–Kier alpha value is -3.27. The second kappa shape index (κ2) is 9.77. The first-order valence-electron chi connectivity index (χ1n) is 12.2. The average Bonchev–Trinajstić information content (AvgIpc) is 3.56. The first-order valence-corrected chi connectivity index (χ1v) is 13.0. The predicted octanol–water partition coefficient (Wildman–Crippen LogP) is 2.86. The van der Waals surface area contributed by atoms with Gasteiger partial charge in [0, 0.05) is 24.8 Å². The molecule has 10 heteroatoms. The van der Waals surface area contributed by atoms with Crippen molar-refractivity contribution in [1.29, 1.82) is 0 Å². The molecule has 3 aromatic rings. The number of amides is 2. The summed E-state index contributed by atoms with van der Waals surface area (Å²) < 4.78 is 1.75. The van der Waals surface area contributed by atoms with Crippen LogP contribution in [-0.4, -0.2) is 45.5 Å². The monoisotopic (exact) mass is 494 g/mol. The second-order valence-corrected chi connectivity index (χ2v) is 10.4. The number of aromatic nitrogens is 3. The molecule has 1 aliphatic heterocycles. The van der Waals surface area contributed by atoms with Gasteiger partial charge in [0.15, 0.2) is 10.8 Å². The topological polar surface area (TPSA) is 109 Å². The smallest absolute Gasteiger partial charge is 0.273 e. The largest absolute Gasteiger partial charge is 0.353 e. The van der Waals surface area contributed by atoms with Crippen molar-refractivity contribution in [2.45, 2.75) is 58.5 Å². The SMILES string of the molecule is CCc1cccc(C)c1NC(=O)Cn1cnc2nc(N3CCC[C@@H](C(=O)NC4CC4)C3)sc2c1=O. The van der Waals surface area contributed by atoms with Gasteiger partial charge in [0.1, 0.15) is 17.6 Å². The van der Waals surface area contributed by atoms with E-state index in [0.717, 1.165) is 55.5 Å². The van der Waals surface area contributed by atoms with E-state index in [4.69, 9.17) is 0 Å². The Balaban J connectivity index is 1.31. The van der Waals surface area contributed by atoms with Crippen LogP contribution in [0.5, 0.6) is 0 Å². The molecule has 1 saturated heterocycles. The lowest BCUT2D eigenvalue weighted by atomic mass is 9.97. The van der Waals surface area contributed by atoms with Crippen LogP contribution in [0.1, 0.15) is 43.7 Å². The Labute approximate surface area is 207 Å². The van der Waals surface area contributed by atoms with Crippen LogP contribution in [0.3, 0.4) is 0 Å². The van der Waals surface area contributed by atoms with E-state index in [2.05, 4.69) is 25.5 Å². The summed E-state index contributed by atoms with van der Waals surface area (Å²) in [5, 5.41) is 6.75. The fraction of sp³-hybridized carbons (Fsp3) is 0.480. The molecule has 2 aromatic heterocycles. The molecule has 0 bridgehead atoms. The van der Waals surface area contributed by atoms with Crippen molar-refractivity contribution in [3.05, 3.63) is 46.0 Å². The van der Waals surface area contributed by atoms with Gasteiger partial charge in [-0.2, -0.15) is 4.98 Å². The summed E-state index contributed by atoms with van der Waals surface area (Å²) in [5.41, 5.74) is 2.93. The van der Waals surface area contributed by atoms with Crippen molar-refractivity contribution < 1.29 is 9.59 Å². The Kier molecular flexibility index (Phi) is 6.55. The number of fused-ring (bicyclic) bond motifs is 1. The van der Waals surface area contributed by atoms with Crippen LogP contribution in [0.2, 0.25) is 0 Å². The molecule has 3 heterocycles. The van der Waals surface area contributed by atoms with Gasteiger partial charge in [-0.15, -0.1) is 0 Å². The number of nitrogens with zero attached hydrogens (tertiary/aromatic N) is 4. The molecule has 2 fully saturated rings. The molecular formula is C25H30N6O3S. The highest BCUT2D eigenvalue weighted by Crippen LogP contribution is 2.30. The molecule has 1 aliphatic carbocycles. The maximum atomic E-state index is 13.1. The van der Waals surface area contributed by atoms with Crippen molar-refractivity contribution >= 4 is 44.3 Å². The van der Waals surface area contributed by atoms with Gasteiger partial charge in [0.25, 0.3) is 5.56 Å².